The normalized spacial score (nSPS) is 15.9. The molecule has 0 heterocycles. The quantitative estimate of drug-likeness (QED) is 0.750. The number of carbonyl (C=O) groups is 1. The van der Waals surface area contributed by atoms with Crippen LogP contribution in [-0.4, -0.2) is 29.8 Å². The highest BCUT2D eigenvalue weighted by molar-refractivity contribution is 6.19. The van der Waals surface area contributed by atoms with Crippen LogP contribution in [0.2, 0.25) is 0 Å². The molecule has 0 bridgehead atoms. The van der Waals surface area contributed by atoms with Crippen molar-refractivity contribution in [2.45, 2.75) is 32.4 Å². The van der Waals surface area contributed by atoms with E-state index in [4.69, 9.17) is 16.3 Å². The second kappa shape index (κ2) is 6.29. The zero-order valence-electron chi connectivity index (χ0n) is 11.4. The molecule has 0 aliphatic heterocycles. The van der Waals surface area contributed by atoms with E-state index in [1.54, 1.807) is 7.11 Å². The SMILES string of the molecule is COc1ccc(CN(C(=O)C(C)CCl)C2CC2)cc1. The van der Waals surface area contributed by atoms with Crippen molar-refractivity contribution in [3.63, 3.8) is 0 Å². The number of methoxy groups -OCH3 is 1. The van der Waals surface area contributed by atoms with Gasteiger partial charge in [-0.1, -0.05) is 19.1 Å². The fraction of sp³-hybridized carbons (Fsp3) is 0.533. The fourth-order valence-electron chi connectivity index (χ4n) is 2.05. The molecule has 1 aromatic carbocycles. The summed E-state index contributed by atoms with van der Waals surface area (Å²) in [5.41, 5.74) is 1.13. The maximum absolute atomic E-state index is 12.3. The average Bonchev–Trinajstić information content (AvgIpc) is 3.28. The summed E-state index contributed by atoms with van der Waals surface area (Å²) in [6.45, 7) is 2.55. The molecular formula is C15H20ClNO2. The summed E-state index contributed by atoms with van der Waals surface area (Å²) < 4.78 is 5.14. The minimum absolute atomic E-state index is 0.111. The number of alkyl halides is 1. The highest BCUT2D eigenvalue weighted by Gasteiger charge is 2.34. The van der Waals surface area contributed by atoms with Crippen molar-refractivity contribution in [1.82, 2.24) is 4.90 Å². The number of hydrogen-bond donors (Lipinski definition) is 0. The number of ether oxygens (including phenoxy) is 1. The molecule has 1 aliphatic carbocycles. The molecule has 4 heteroatoms. The number of benzene rings is 1. The van der Waals surface area contributed by atoms with Gasteiger partial charge in [0.25, 0.3) is 0 Å². The lowest BCUT2D eigenvalue weighted by Crippen LogP contribution is -2.37. The summed E-state index contributed by atoms with van der Waals surface area (Å²) in [4.78, 5) is 14.3. The Labute approximate surface area is 119 Å². The van der Waals surface area contributed by atoms with Crippen molar-refractivity contribution < 1.29 is 9.53 Å². The maximum Gasteiger partial charge on any atom is 0.227 e. The zero-order valence-corrected chi connectivity index (χ0v) is 12.2. The molecule has 3 nitrogen and oxygen atoms in total. The van der Waals surface area contributed by atoms with Crippen LogP contribution in [0.15, 0.2) is 24.3 Å². The molecule has 19 heavy (non-hydrogen) atoms. The minimum Gasteiger partial charge on any atom is -0.497 e. The van der Waals surface area contributed by atoms with Crippen LogP contribution >= 0.6 is 11.6 Å². The van der Waals surface area contributed by atoms with Crippen molar-refractivity contribution in [3.8, 4) is 5.75 Å². The summed E-state index contributed by atoms with van der Waals surface area (Å²) in [7, 11) is 1.65. The highest BCUT2D eigenvalue weighted by atomic mass is 35.5. The van der Waals surface area contributed by atoms with Gasteiger partial charge >= 0.3 is 0 Å². The predicted molar refractivity (Wildman–Crippen MR) is 76.5 cm³/mol. The first-order chi connectivity index (χ1) is 9.15. The Kier molecular flexibility index (Phi) is 4.70. The molecule has 0 spiro atoms. The molecule has 1 unspecified atom stereocenters. The molecular weight excluding hydrogens is 262 g/mol. The average molecular weight is 282 g/mol. The molecule has 1 aliphatic rings. The topological polar surface area (TPSA) is 29.5 Å². The largest absolute Gasteiger partial charge is 0.497 e. The third-order valence-electron chi connectivity index (χ3n) is 3.44. The molecule has 0 radical (unpaired) electrons. The van der Waals surface area contributed by atoms with Crippen LogP contribution < -0.4 is 4.74 Å². The third-order valence-corrected chi connectivity index (χ3v) is 3.90. The van der Waals surface area contributed by atoms with Crippen LogP contribution in [0.4, 0.5) is 0 Å². The van der Waals surface area contributed by atoms with Crippen LogP contribution in [0, 0.1) is 5.92 Å². The number of halogens is 1. The van der Waals surface area contributed by atoms with E-state index in [2.05, 4.69) is 0 Å². The summed E-state index contributed by atoms with van der Waals surface area (Å²) >= 11 is 5.79. The van der Waals surface area contributed by atoms with Gasteiger partial charge in [0.1, 0.15) is 5.75 Å². The van der Waals surface area contributed by atoms with Gasteiger partial charge in [-0.25, -0.2) is 0 Å². The summed E-state index contributed by atoms with van der Waals surface area (Å²) in [6.07, 6.45) is 2.22. The number of nitrogens with zero attached hydrogens (tertiary/aromatic N) is 1. The molecule has 0 saturated heterocycles. The molecule has 1 amide bonds. The molecule has 1 aromatic rings. The van der Waals surface area contributed by atoms with Gasteiger partial charge in [-0.15, -0.1) is 11.6 Å². The Bertz CT molecular complexity index is 428. The number of carbonyl (C=O) groups excluding carboxylic acids is 1. The van der Waals surface area contributed by atoms with Crippen molar-refractivity contribution in [3.05, 3.63) is 29.8 Å². The van der Waals surface area contributed by atoms with Crippen LogP contribution in [0.5, 0.6) is 5.75 Å². The van der Waals surface area contributed by atoms with Crippen LogP contribution in [-0.2, 0) is 11.3 Å². The van der Waals surface area contributed by atoms with Crippen LogP contribution in [0.1, 0.15) is 25.3 Å². The van der Waals surface area contributed by atoms with Gasteiger partial charge < -0.3 is 9.64 Å². The van der Waals surface area contributed by atoms with E-state index in [0.717, 1.165) is 24.2 Å². The Morgan fingerprint density at radius 1 is 1.42 bits per heavy atom. The summed E-state index contributed by atoms with van der Waals surface area (Å²) in [5, 5.41) is 0. The van der Waals surface area contributed by atoms with Gasteiger partial charge in [0.2, 0.25) is 5.91 Å². The van der Waals surface area contributed by atoms with E-state index in [-0.39, 0.29) is 11.8 Å². The van der Waals surface area contributed by atoms with E-state index in [1.807, 2.05) is 36.1 Å². The Morgan fingerprint density at radius 2 is 2.05 bits per heavy atom. The van der Waals surface area contributed by atoms with E-state index in [9.17, 15) is 4.79 Å². The molecule has 2 rings (SSSR count). The smallest absolute Gasteiger partial charge is 0.227 e. The van der Waals surface area contributed by atoms with E-state index in [1.165, 1.54) is 0 Å². The standard InChI is InChI=1S/C15H20ClNO2/c1-11(9-16)15(18)17(13-5-6-13)10-12-3-7-14(19-2)8-4-12/h3-4,7-8,11,13H,5-6,9-10H2,1-2H3. The second-order valence-corrected chi connectivity index (χ2v) is 5.41. The summed E-state index contributed by atoms with van der Waals surface area (Å²) in [5.74, 6) is 1.26. The first-order valence-electron chi connectivity index (χ1n) is 6.65. The number of rotatable bonds is 6. The van der Waals surface area contributed by atoms with Crippen molar-refractivity contribution in [1.29, 1.82) is 0 Å². The van der Waals surface area contributed by atoms with E-state index < -0.39 is 0 Å². The van der Waals surface area contributed by atoms with Gasteiger partial charge in [0.15, 0.2) is 0 Å². The zero-order chi connectivity index (χ0) is 13.8. The molecule has 1 atom stereocenters. The molecule has 1 saturated carbocycles. The van der Waals surface area contributed by atoms with Gasteiger partial charge in [-0.3, -0.25) is 4.79 Å². The lowest BCUT2D eigenvalue weighted by Gasteiger charge is -2.25. The first kappa shape index (κ1) is 14.2. The van der Waals surface area contributed by atoms with Crippen LogP contribution in [0.25, 0.3) is 0 Å². The Hall–Kier alpha value is -1.22. The third kappa shape index (κ3) is 3.63. The van der Waals surface area contributed by atoms with Gasteiger partial charge in [-0.2, -0.15) is 0 Å². The fourth-order valence-corrected chi connectivity index (χ4v) is 2.18. The first-order valence-corrected chi connectivity index (χ1v) is 7.18. The lowest BCUT2D eigenvalue weighted by atomic mass is 10.1. The number of hydrogen-bond acceptors (Lipinski definition) is 2. The van der Waals surface area contributed by atoms with Crippen molar-refractivity contribution in [2.24, 2.45) is 5.92 Å². The van der Waals surface area contributed by atoms with Crippen molar-refractivity contribution >= 4 is 17.5 Å². The van der Waals surface area contributed by atoms with Gasteiger partial charge in [0.05, 0.1) is 7.11 Å². The number of amides is 1. The minimum atomic E-state index is -0.111. The molecule has 0 aromatic heterocycles. The highest BCUT2D eigenvalue weighted by Crippen LogP contribution is 2.30. The lowest BCUT2D eigenvalue weighted by molar-refractivity contribution is -0.135. The maximum atomic E-state index is 12.3. The second-order valence-electron chi connectivity index (χ2n) is 5.10. The molecule has 104 valence electrons. The summed E-state index contributed by atoms with van der Waals surface area (Å²) in [6, 6.07) is 8.27. The predicted octanol–water partition coefficient (Wildman–Crippen LogP) is 3.06. The van der Waals surface area contributed by atoms with Gasteiger partial charge in [0, 0.05) is 24.4 Å². The van der Waals surface area contributed by atoms with E-state index in [0.29, 0.717) is 18.5 Å². The van der Waals surface area contributed by atoms with Crippen LogP contribution in [0.3, 0.4) is 0 Å². The molecule has 0 N–H and O–H groups in total. The molecule has 1 fully saturated rings. The Balaban J connectivity index is 2.05. The van der Waals surface area contributed by atoms with E-state index >= 15 is 0 Å². The Morgan fingerprint density at radius 3 is 2.53 bits per heavy atom. The van der Waals surface area contributed by atoms with Gasteiger partial charge in [-0.05, 0) is 30.5 Å². The van der Waals surface area contributed by atoms with Crippen molar-refractivity contribution in [2.75, 3.05) is 13.0 Å². The monoisotopic (exact) mass is 281 g/mol.